The molecule has 0 atom stereocenters. The van der Waals surface area contributed by atoms with E-state index in [0.717, 1.165) is 5.56 Å². The van der Waals surface area contributed by atoms with E-state index in [4.69, 9.17) is 5.73 Å². The summed E-state index contributed by atoms with van der Waals surface area (Å²) in [5, 5.41) is 9.31. The molecule has 0 aromatic heterocycles. The molecule has 19 heavy (non-hydrogen) atoms. The van der Waals surface area contributed by atoms with Crippen LogP contribution in [0.2, 0.25) is 0 Å². The Labute approximate surface area is 108 Å². The first-order valence-electron chi connectivity index (χ1n) is 5.39. The molecule has 0 fully saturated rings. The van der Waals surface area contributed by atoms with Crippen molar-refractivity contribution in [3.8, 4) is 16.9 Å². The number of benzene rings is 2. The van der Waals surface area contributed by atoms with Crippen LogP contribution in [0.25, 0.3) is 11.1 Å². The maximum Gasteiger partial charge on any atom is 0.299 e. The second-order valence-electron chi connectivity index (χ2n) is 3.75. The molecule has 2 aromatic carbocycles. The molecule has 0 heterocycles. The molecule has 0 saturated heterocycles. The zero-order valence-electron chi connectivity index (χ0n) is 9.78. The highest BCUT2D eigenvalue weighted by molar-refractivity contribution is 5.99. The van der Waals surface area contributed by atoms with Gasteiger partial charge in [0.15, 0.2) is 0 Å². The monoisotopic (exact) mass is 258 g/mol. The lowest BCUT2D eigenvalue weighted by Crippen LogP contribution is -2.12. The van der Waals surface area contributed by atoms with Gasteiger partial charge in [-0.2, -0.15) is 0 Å². The highest BCUT2D eigenvalue weighted by Gasteiger charge is 2.09. The molecule has 0 spiro atoms. The van der Waals surface area contributed by atoms with Gasteiger partial charge in [0.05, 0.1) is 0 Å². The van der Waals surface area contributed by atoms with Gasteiger partial charge in [0.2, 0.25) is 5.91 Å². The van der Waals surface area contributed by atoms with Gasteiger partial charge in [-0.15, -0.1) is 10.1 Å². The molecule has 2 N–H and O–H groups in total. The Morgan fingerprint density at radius 3 is 2.32 bits per heavy atom. The summed E-state index contributed by atoms with van der Waals surface area (Å²) in [6.45, 7) is 0. The van der Waals surface area contributed by atoms with Crippen molar-refractivity contribution in [1.82, 2.24) is 0 Å². The summed E-state index contributed by atoms with van der Waals surface area (Å²) in [5.41, 5.74) is 7.08. The zero-order valence-corrected chi connectivity index (χ0v) is 9.78. The van der Waals surface area contributed by atoms with Crippen molar-refractivity contribution >= 4 is 5.91 Å². The molecule has 96 valence electrons. The maximum atomic E-state index is 11.3. The molecule has 0 unspecified atom stereocenters. The minimum absolute atomic E-state index is 0.116. The van der Waals surface area contributed by atoms with E-state index in [0.29, 0.717) is 11.1 Å². The van der Waals surface area contributed by atoms with Gasteiger partial charge >= 0.3 is 0 Å². The molecule has 2 aromatic rings. The summed E-state index contributed by atoms with van der Waals surface area (Å²) in [6, 6.07) is 13.0. The predicted molar refractivity (Wildman–Crippen MR) is 68.0 cm³/mol. The van der Waals surface area contributed by atoms with Crippen molar-refractivity contribution in [1.29, 1.82) is 0 Å². The Balaban J connectivity index is 2.37. The Hall–Kier alpha value is -2.89. The van der Waals surface area contributed by atoms with Crippen molar-refractivity contribution in [2.45, 2.75) is 0 Å². The van der Waals surface area contributed by atoms with Gasteiger partial charge in [0.25, 0.3) is 5.09 Å². The number of nitrogens with two attached hydrogens (primary N) is 1. The number of amides is 1. The van der Waals surface area contributed by atoms with Gasteiger partial charge in [0.1, 0.15) is 5.75 Å². The summed E-state index contributed by atoms with van der Waals surface area (Å²) < 4.78 is 0. The smallest absolute Gasteiger partial charge is 0.299 e. The molecule has 0 aliphatic carbocycles. The Morgan fingerprint density at radius 2 is 1.74 bits per heavy atom. The highest BCUT2D eigenvalue weighted by Crippen LogP contribution is 2.25. The maximum absolute atomic E-state index is 11.3. The van der Waals surface area contributed by atoms with Crippen LogP contribution < -0.4 is 10.6 Å². The van der Waals surface area contributed by atoms with Crippen molar-refractivity contribution in [3.63, 3.8) is 0 Å². The molecular formula is C13H10N2O4. The second-order valence-corrected chi connectivity index (χ2v) is 3.75. The largest absolute Gasteiger partial charge is 0.366 e. The average molecular weight is 258 g/mol. The fraction of sp³-hybridized carbons (Fsp3) is 0. The van der Waals surface area contributed by atoms with Gasteiger partial charge in [-0.1, -0.05) is 30.3 Å². The van der Waals surface area contributed by atoms with Crippen molar-refractivity contribution < 1.29 is 14.7 Å². The molecule has 1 amide bonds. The molecule has 6 nitrogen and oxygen atoms in total. The average Bonchev–Trinajstić information content (AvgIpc) is 2.39. The van der Waals surface area contributed by atoms with Crippen LogP contribution in [0, 0.1) is 10.1 Å². The van der Waals surface area contributed by atoms with E-state index in [1.807, 2.05) is 0 Å². The number of primary amides is 1. The van der Waals surface area contributed by atoms with E-state index in [9.17, 15) is 14.9 Å². The topological polar surface area (TPSA) is 95.5 Å². The summed E-state index contributed by atoms with van der Waals surface area (Å²) in [4.78, 5) is 25.8. The first-order valence-corrected chi connectivity index (χ1v) is 5.39. The van der Waals surface area contributed by atoms with Crippen LogP contribution in [-0.4, -0.2) is 11.0 Å². The molecule has 0 aliphatic rings. The Morgan fingerprint density at radius 1 is 1.11 bits per heavy atom. The van der Waals surface area contributed by atoms with Crippen molar-refractivity contribution in [3.05, 3.63) is 64.2 Å². The molecule has 2 rings (SSSR count). The summed E-state index contributed by atoms with van der Waals surface area (Å²) in [6.07, 6.45) is 0. The summed E-state index contributed by atoms with van der Waals surface area (Å²) in [5.74, 6) is -0.411. The SMILES string of the molecule is NC(=O)c1ccccc1-c1ccc(O[N+](=O)[O-])cc1. The number of hydrogen-bond donors (Lipinski definition) is 1. The van der Waals surface area contributed by atoms with Crippen LogP contribution in [0.4, 0.5) is 0 Å². The first kappa shape index (κ1) is 12.6. The minimum atomic E-state index is -0.883. The first-order chi connectivity index (χ1) is 9.08. The third-order valence-electron chi connectivity index (χ3n) is 2.54. The fourth-order valence-corrected chi connectivity index (χ4v) is 1.73. The van der Waals surface area contributed by atoms with Gasteiger partial charge in [-0.3, -0.25) is 9.63 Å². The van der Waals surface area contributed by atoms with E-state index in [2.05, 4.69) is 4.84 Å². The second kappa shape index (κ2) is 5.18. The van der Waals surface area contributed by atoms with E-state index in [-0.39, 0.29) is 5.75 Å². The third kappa shape index (κ3) is 2.86. The number of carbonyl (C=O) groups is 1. The molecule has 0 aliphatic heterocycles. The van der Waals surface area contributed by atoms with Crippen LogP contribution in [0.5, 0.6) is 5.75 Å². The van der Waals surface area contributed by atoms with Gasteiger partial charge in [-0.05, 0) is 29.3 Å². The van der Waals surface area contributed by atoms with E-state index >= 15 is 0 Å². The van der Waals surface area contributed by atoms with Crippen molar-refractivity contribution in [2.75, 3.05) is 0 Å². The van der Waals surface area contributed by atoms with Crippen LogP contribution in [0.1, 0.15) is 10.4 Å². The van der Waals surface area contributed by atoms with Crippen LogP contribution in [0.15, 0.2) is 48.5 Å². The van der Waals surface area contributed by atoms with Crippen LogP contribution in [-0.2, 0) is 0 Å². The summed E-state index contributed by atoms with van der Waals surface area (Å²) in [7, 11) is 0. The normalized spacial score (nSPS) is 9.89. The molecular weight excluding hydrogens is 248 g/mol. The molecule has 0 saturated carbocycles. The summed E-state index contributed by atoms with van der Waals surface area (Å²) >= 11 is 0. The zero-order chi connectivity index (χ0) is 13.8. The van der Waals surface area contributed by atoms with E-state index in [1.54, 1.807) is 36.4 Å². The minimum Gasteiger partial charge on any atom is -0.366 e. The number of hydrogen-bond acceptors (Lipinski definition) is 4. The molecule has 6 heteroatoms. The van der Waals surface area contributed by atoms with Crippen molar-refractivity contribution in [2.24, 2.45) is 5.73 Å². The molecule has 0 radical (unpaired) electrons. The number of carbonyl (C=O) groups excluding carboxylic acids is 1. The van der Waals surface area contributed by atoms with Gasteiger partial charge < -0.3 is 5.73 Å². The lowest BCUT2D eigenvalue weighted by molar-refractivity contribution is -0.711. The Kier molecular flexibility index (Phi) is 3.42. The number of rotatable bonds is 4. The Bertz CT molecular complexity index is 623. The van der Waals surface area contributed by atoms with E-state index in [1.165, 1.54) is 12.1 Å². The van der Waals surface area contributed by atoms with E-state index < -0.39 is 11.0 Å². The molecule has 0 bridgehead atoms. The predicted octanol–water partition coefficient (Wildman–Crippen LogP) is 2.02. The lowest BCUT2D eigenvalue weighted by atomic mass is 9.99. The van der Waals surface area contributed by atoms with Crippen LogP contribution >= 0.6 is 0 Å². The van der Waals surface area contributed by atoms with Crippen LogP contribution in [0.3, 0.4) is 0 Å². The number of nitrogens with zero attached hydrogens (tertiary/aromatic N) is 1. The lowest BCUT2D eigenvalue weighted by Gasteiger charge is -2.07. The van der Waals surface area contributed by atoms with Gasteiger partial charge in [0, 0.05) is 5.56 Å². The highest BCUT2D eigenvalue weighted by atomic mass is 17.0. The standard InChI is InChI=1S/C13H10N2O4/c14-13(16)12-4-2-1-3-11(12)9-5-7-10(8-6-9)19-15(17)18/h1-8H,(H2,14,16). The van der Waals surface area contributed by atoms with Gasteiger partial charge in [-0.25, -0.2) is 0 Å². The quantitative estimate of drug-likeness (QED) is 0.670. The fourth-order valence-electron chi connectivity index (χ4n) is 1.73. The third-order valence-corrected chi connectivity index (χ3v) is 2.54.